The Balaban J connectivity index is 1.35. The second-order valence-corrected chi connectivity index (χ2v) is 8.15. The maximum Gasteiger partial charge on any atom is 0.248 e. The van der Waals surface area contributed by atoms with Gasteiger partial charge in [-0.25, -0.2) is 4.98 Å². The van der Waals surface area contributed by atoms with Gasteiger partial charge in [-0.05, 0) is 44.4 Å². The molecule has 3 unspecified atom stereocenters. The minimum absolute atomic E-state index is 0.0961. The van der Waals surface area contributed by atoms with Crippen LogP contribution in [0.4, 0.5) is 5.13 Å². The van der Waals surface area contributed by atoms with E-state index in [-0.39, 0.29) is 17.9 Å². The highest BCUT2D eigenvalue weighted by atomic mass is 32.1. The highest BCUT2D eigenvalue weighted by molar-refractivity contribution is 7.13. The van der Waals surface area contributed by atoms with E-state index in [0.717, 1.165) is 25.7 Å². The molecule has 3 atom stereocenters. The number of carbonyl (C=O) groups excluding carboxylic acids is 2. The summed E-state index contributed by atoms with van der Waals surface area (Å²) < 4.78 is 0. The van der Waals surface area contributed by atoms with Gasteiger partial charge in [0.15, 0.2) is 5.13 Å². The molecule has 24 heavy (non-hydrogen) atoms. The molecule has 0 aliphatic carbocycles. The molecule has 0 saturated carbocycles. The van der Waals surface area contributed by atoms with Gasteiger partial charge in [-0.3, -0.25) is 9.59 Å². The third-order valence-corrected chi connectivity index (χ3v) is 6.26. The fraction of sp³-hybridized carbons (Fsp3) is 0.706. The number of likely N-dealkylation sites (tertiary alicyclic amines) is 1. The Morgan fingerprint density at radius 1 is 1.29 bits per heavy atom. The summed E-state index contributed by atoms with van der Waals surface area (Å²) in [5.74, 6) is 0.527. The van der Waals surface area contributed by atoms with Crippen molar-refractivity contribution < 1.29 is 9.59 Å². The zero-order chi connectivity index (χ0) is 16.5. The Morgan fingerprint density at radius 2 is 2.08 bits per heavy atom. The number of aromatic nitrogens is 1. The summed E-state index contributed by atoms with van der Waals surface area (Å²) in [4.78, 5) is 31.2. The molecular formula is C17H24N4O2S. The summed E-state index contributed by atoms with van der Waals surface area (Å²) in [5, 5.41) is 8.90. The Hall–Kier alpha value is -1.47. The van der Waals surface area contributed by atoms with Gasteiger partial charge < -0.3 is 15.5 Å². The second-order valence-electron chi connectivity index (χ2n) is 7.25. The average molecular weight is 348 g/mol. The number of thiazole rings is 1. The molecule has 2 amide bonds. The van der Waals surface area contributed by atoms with Crippen molar-refractivity contribution in [3.05, 3.63) is 11.6 Å². The van der Waals surface area contributed by atoms with E-state index in [0.29, 0.717) is 36.1 Å². The van der Waals surface area contributed by atoms with Crippen molar-refractivity contribution in [3.8, 4) is 0 Å². The van der Waals surface area contributed by atoms with Gasteiger partial charge in [-0.2, -0.15) is 0 Å². The standard InChI is InChI=1S/C17H24N4O2S/c22-15(10-11-8-12-3-4-13(9-11)19-12)21-6-1-2-14(21)16(23)20-17-18-5-7-24-17/h5,7,11-14,19H,1-4,6,8-10H2,(H,18,20,23). The van der Waals surface area contributed by atoms with E-state index >= 15 is 0 Å². The number of anilines is 1. The number of hydrogen-bond donors (Lipinski definition) is 2. The van der Waals surface area contributed by atoms with Crippen LogP contribution < -0.4 is 10.6 Å². The van der Waals surface area contributed by atoms with Crippen LogP contribution in [0.5, 0.6) is 0 Å². The van der Waals surface area contributed by atoms with E-state index in [2.05, 4.69) is 15.6 Å². The predicted octanol–water partition coefficient (Wildman–Crippen LogP) is 1.99. The number of nitrogens with zero attached hydrogens (tertiary/aromatic N) is 2. The van der Waals surface area contributed by atoms with Gasteiger partial charge >= 0.3 is 0 Å². The quantitative estimate of drug-likeness (QED) is 0.873. The Morgan fingerprint density at radius 3 is 2.79 bits per heavy atom. The number of fused-ring (bicyclic) bond motifs is 2. The number of hydrogen-bond acceptors (Lipinski definition) is 5. The summed E-state index contributed by atoms with van der Waals surface area (Å²) in [6.45, 7) is 0.701. The molecule has 130 valence electrons. The molecule has 0 radical (unpaired) electrons. The Bertz CT molecular complexity index is 594. The van der Waals surface area contributed by atoms with Crippen molar-refractivity contribution in [2.75, 3.05) is 11.9 Å². The number of rotatable bonds is 4. The molecule has 1 aromatic heterocycles. The summed E-state index contributed by atoms with van der Waals surface area (Å²) >= 11 is 1.40. The van der Waals surface area contributed by atoms with Gasteiger partial charge in [0, 0.05) is 36.6 Å². The van der Waals surface area contributed by atoms with Gasteiger partial charge in [0.2, 0.25) is 11.8 Å². The lowest BCUT2D eigenvalue weighted by atomic mass is 9.89. The fourth-order valence-corrected chi connectivity index (χ4v) is 5.05. The topological polar surface area (TPSA) is 74.3 Å². The minimum Gasteiger partial charge on any atom is -0.331 e. The van der Waals surface area contributed by atoms with Crippen molar-refractivity contribution in [2.24, 2.45) is 5.92 Å². The van der Waals surface area contributed by atoms with Gasteiger partial charge in [-0.1, -0.05) is 0 Å². The van der Waals surface area contributed by atoms with Crippen molar-refractivity contribution in [1.29, 1.82) is 0 Å². The van der Waals surface area contributed by atoms with Crippen molar-refractivity contribution >= 4 is 28.3 Å². The van der Waals surface area contributed by atoms with Crippen molar-refractivity contribution in [3.63, 3.8) is 0 Å². The Labute approximate surface area is 146 Å². The lowest BCUT2D eigenvalue weighted by Crippen LogP contribution is -2.45. The van der Waals surface area contributed by atoms with Crippen LogP contribution in [-0.2, 0) is 9.59 Å². The smallest absolute Gasteiger partial charge is 0.248 e. The summed E-state index contributed by atoms with van der Waals surface area (Å²) in [5.41, 5.74) is 0. The van der Waals surface area contributed by atoms with Crippen LogP contribution in [0.3, 0.4) is 0 Å². The summed E-state index contributed by atoms with van der Waals surface area (Å²) in [7, 11) is 0. The monoisotopic (exact) mass is 348 g/mol. The fourth-order valence-electron chi connectivity index (χ4n) is 4.52. The first-order valence-corrected chi connectivity index (χ1v) is 9.83. The highest BCUT2D eigenvalue weighted by Crippen LogP contribution is 2.33. The first-order valence-electron chi connectivity index (χ1n) is 8.95. The molecule has 0 spiro atoms. The van der Waals surface area contributed by atoms with E-state index in [4.69, 9.17) is 0 Å². The van der Waals surface area contributed by atoms with E-state index in [9.17, 15) is 9.59 Å². The number of amides is 2. The Kier molecular flexibility index (Phi) is 4.54. The lowest BCUT2D eigenvalue weighted by molar-refractivity contribution is -0.137. The molecule has 2 N–H and O–H groups in total. The molecule has 2 bridgehead atoms. The first-order chi connectivity index (χ1) is 11.7. The highest BCUT2D eigenvalue weighted by Gasteiger charge is 2.38. The number of piperidine rings is 1. The zero-order valence-electron chi connectivity index (χ0n) is 13.7. The van der Waals surface area contributed by atoms with Crippen LogP contribution in [0, 0.1) is 5.92 Å². The maximum absolute atomic E-state index is 12.8. The second kappa shape index (κ2) is 6.80. The SMILES string of the molecule is O=C(Nc1nccs1)C1CCCN1C(=O)CC1CC2CCC(C1)N2. The minimum atomic E-state index is -0.333. The molecular weight excluding hydrogens is 324 g/mol. The van der Waals surface area contributed by atoms with Crippen LogP contribution in [-0.4, -0.2) is 46.4 Å². The molecule has 3 fully saturated rings. The third kappa shape index (κ3) is 3.32. The van der Waals surface area contributed by atoms with Crippen LogP contribution in [0.1, 0.15) is 44.9 Å². The summed E-state index contributed by atoms with van der Waals surface area (Å²) in [6.07, 6.45) is 8.62. The number of nitrogens with one attached hydrogen (secondary N) is 2. The lowest BCUT2D eigenvalue weighted by Gasteiger charge is -2.31. The largest absolute Gasteiger partial charge is 0.331 e. The van der Waals surface area contributed by atoms with Gasteiger partial charge in [0.1, 0.15) is 6.04 Å². The first kappa shape index (κ1) is 16.0. The molecule has 0 aromatic carbocycles. The molecule has 4 rings (SSSR count). The molecule has 3 saturated heterocycles. The predicted molar refractivity (Wildman–Crippen MR) is 92.8 cm³/mol. The van der Waals surface area contributed by atoms with Crippen molar-refractivity contribution in [2.45, 2.75) is 63.1 Å². The molecule has 1 aromatic rings. The zero-order valence-corrected chi connectivity index (χ0v) is 14.6. The van der Waals surface area contributed by atoms with E-state index in [1.807, 2.05) is 5.38 Å². The van der Waals surface area contributed by atoms with Crippen LogP contribution in [0.25, 0.3) is 0 Å². The maximum atomic E-state index is 12.8. The molecule has 6 nitrogen and oxygen atoms in total. The van der Waals surface area contributed by atoms with E-state index in [1.165, 1.54) is 24.2 Å². The number of carbonyl (C=O) groups is 2. The van der Waals surface area contributed by atoms with Crippen LogP contribution in [0.2, 0.25) is 0 Å². The third-order valence-electron chi connectivity index (χ3n) is 5.57. The average Bonchev–Trinajstić information content (AvgIpc) is 3.28. The summed E-state index contributed by atoms with van der Waals surface area (Å²) in [6, 6.07) is 0.869. The van der Waals surface area contributed by atoms with Gasteiger partial charge in [-0.15, -0.1) is 11.3 Å². The van der Waals surface area contributed by atoms with E-state index < -0.39 is 0 Å². The molecule has 3 aliphatic rings. The normalized spacial score (nSPS) is 32.1. The molecule has 7 heteroatoms. The van der Waals surface area contributed by atoms with Crippen LogP contribution in [0.15, 0.2) is 11.6 Å². The van der Waals surface area contributed by atoms with Gasteiger partial charge in [0.05, 0.1) is 0 Å². The van der Waals surface area contributed by atoms with Crippen LogP contribution >= 0.6 is 11.3 Å². The van der Waals surface area contributed by atoms with Gasteiger partial charge in [0.25, 0.3) is 0 Å². The van der Waals surface area contributed by atoms with E-state index in [1.54, 1.807) is 11.1 Å². The molecule has 4 heterocycles. The molecule has 3 aliphatic heterocycles. The van der Waals surface area contributed by atoms with Crippen molar-refractivity contribution in [1.82, 2.24) is 15.2 Å².